The molecule has 1 unspecified atom stereocenters. The summed E-state index contributed by atoms with van der Waals surface area (Å²) in [6.07, 6.45) is 4.70. The van der Waals surface area contributed by atoms with Gasteiger partial charge >= 0.3 is 5.97 Å². The van der Waals surface area contributed by atoms with Crippen LogP contribution in [-0.2, 0) is 0 Å². The Bertz CT molecular complexity index is 366. The summed E-state index contributed by atoms with van der Waals surface area (Å²) in [6, 6.07) is 5.31. The van der Waals surface area contributed by atoms with Crippen LogP contribution in [0.4, 0.5) is 5.82 Å². The van der Waals surface area contributed by atoms with Gasteiger partial charge in [-0.15, -0.1) is 0 Å². The van der Waals surface area contributed by atoms with Crippen molar-refractivity contribution in [3.05, 3.63) is 23.9 Å². The number of carboxylic acids is 1. The van der Waals surface area contributed by atoms with Gasteiger partial charge in [0.2, 0.25) is 0 Å². The third-order valence-corrected chi connectivity index (χ3v) is 2.60. The van der Waals surface area contributed by atoms with Crippen LogP contribution in [0.15, 0.2) is 18.2 Å². The quantitative estimate of drug-likeness (QED) is 0.714. The summed E-state index contributed by atoms with van der Waals surface area (Å²) in [5.74, 6) is -0.360. The molecule has 1 aromatic rings. The largest absolute Gasteiger partial charge is 0.477 e. The first-order valence-electron chi connectivity index (χ1n) is 6.10. The summed E-state index contributed by atoms with van der Waals surface area (Å²) in [5, 5.41) is 12.0. The third kappa shape index (κ3) is 4.85. The Morgan fingerprint density at radius 2 is 2.24 bits per heavy atom. The molecule has 4 heteroatoms. The van der Waals surface area contributed by atoms with Gasteiger partial charge in [0.15, 0.2) is 5.69 Å². The highest BCUT2D eigenvalue weighted by molar-refractivity contribution is 5.85. The molecule has 0 amide bonds. The summed E-state index contributed by atoms with van der Waals surface area (Å²) in [5.41, 5.74) is 0.0794. The van der Waals surface area contributed by atoms with Gasteiger partial charge in [-0.3, -0.25) is 0 Å². The van der Waals surface area contributed by atoms with Crippen LogP contribution in [0.2, 0.25) is 0 Å². The Labute approximate surface area is 102 Å². The predicted octanol–water partition coefficient (Wildman–Crippen LogP) is 3.16. The van der Waals surface area contributed by atoms with E-state index < -0.39 is 5.97 Å². The average molecular weight is 236 g/mol. The zero-order chi connectivity index (χ0) is 12.7. The van der Waals surface area contributed by atoms with Crippen molar-refractivity contribution in [3.63, 3.8) is 0 Å². The van der Waals surface area contributed by atoms with E-state index in [-0.39, 0.29) is 5.69 Å². The second kappa shape index (κ2) is 6.89. The number of aromatic nitrogens is 1. The SMILES string of the molecule is CCCCCC(C)Nc1cccc(C(=O)O)n1. The molecule has 0 spiro atoms. The molecule has 0 aliphatic heterocycles. The number of nitrogens with one attached hydrogen (secondary N) is 1. The van der Waals surface area contributed by atoms with Crippen LogP contribution < -0.4 is 5.32 Å². The Morgan fingerprint density at radius 1 is 1.47 bits per heavy atom. The Balaban J connectivity index is 2.50. The molecule has 17 heavy (non-hydrogen) atoms. The number of anilines is 1. The first-order valence-corrected chi connectivity index (χ1v) is 6.10. The molecule has 0 fully saturated rings. The Hall–Kier alpha value is -1.58. The monoisotopic (exact) mass is 236 g/mol. The zero-order valence-corrected chi connectivity index (χ0v) is 10.4. The van der Waals surface area contributed by atoms with Crippen molar-refractivity contribution in [1.82, 2.24) is 4.98 Å². The van der Waals surface area contributed by atoms with Crippen molar-refractivity contribution in [2.45, 2.75) is 45.6 Å². The van der Waals surface area contributed by atoms with Crippen molar-refractivity contribution < 1.29 is 9.90 Å². The van der Waals surface area contributed by atoms with Gasteiger partial charge in [0.05, 0.1) is 0 Å². The number of carbonyl (C=O) groups is 1. The van der Waals surface area contributed by atoms with E-state index in [1.807, 2.05) is 0 Å². The molecule has 0 radical (unpaired) electrons. The lowest BCUT2D eigenvalue weighted by Gasteiger charge is -2.14. The van der Waals surface area contributed by atoms with Crippen LogP contribution in [0, 0.1) is 0 Å². The average Bonchev–Trinajstić information content (AvgIpc) is 2.29. The van der Waals surface area contributed by atoms with Gasteiger partial charge in [-0.05, 0) is 25.5 Å². The maximum Gasteiger partial charge on any atom is 0.354 e. The molecule has 0 saturated carbocycles. The second-order valence-corrected chi connectivity index (χ2v) is 4.25. The minimum absolute atomic E-state index is 0.0794. The normalized spacial score (nSPS) is 12.1. The summed E-state index contributed by atoms with van der Waals surface area (Å²) >= 11 is 0. The second-order valence-electron chi connectivity index (χ2n) is 4.25. The van der Waals surface area contributed by atoms with E-state index in [0.29, 0.717) is 11.9 Å². The van der Waals surface area contributed by atoms with E-state index in [4.69, 9.17) is 5.11 Å². The highest BCUT2D eigenvalue weighted by Gasteiger charge is 2.07. The number of pyridine rings is 1. The molecule has 1 heterocycles. The molecule has 2 N–H and O–H groups in total. The molecule has 1 aromatic heterocycles. The molecule has 0 aliphatic rings. The molecule has 0 aromatic carbocycles. The van der Waals surface area contributed by atoms with Gasteiger partial charge in [-0.2, -0.15) is 0 Å². The van der Waals surface area contributed by atoms with Gasteiger partial charge in [0.1, 0.15) is 5.82 Å². The zero-order valence-electron chi connectivity index (χ0n) is 10.4. The van der Waals surface area contributed by atoms with Crippen LogP contribution in [0.25, 0.3) is 0 Å². The minimum Gasteiger partial charge on any atom is -0.477 e. The fourth-order valence-corrected chi connectivity index (χ4v) is 1.66. The van der Waals surface area contributed by atoms with Crippen LogP contribution in [0.5, 0.6) is 0 Å². The van der Waals surface area contributed by atoms with E-state index in [0.717, 1.165) is 6.42 Å². The van der Waals surface area contributed by atoms with Gasteiger partial charge in [-0.1, -0.05) is 32.3 Å². The maximum absolute atomic E-state index is 10.8. The fourth-order valence-electron chi connectivity index (χ4n) is 1.66. The first kappa shape index (κ1) is 13.5. The Kier molecular flexibility index (Phi) is 5.46. The van der Waals surface area contributed by atoms with Crippen LogP contribution in [0.1, 0.15) is 50.0 Å². The lowest BCUT2D eigenvalue weighted by molar-refractivity contribution is 0.0690. The smallest absolute Gasteiger partial charge is 0.354 e. The molecular weight excluding hydrogens is 216 g/mol. The highest BCUT2D eigenvalue weighted by Crippen LogP contribution is 2.10. The van der Waals surface area contributed by atoms with Crippen LogP contribution in [-0.4, -0.2) is 22.1 Å². The first-order chi connectivity index (χ1) is 8.13. The van der Waals surface area contributed by atoms with Crippen molar-refractivity contribution in [1.29, 1.82) is 0 Å². The van der Waals surface area contributed by atoms with Crippen LogP contribution in [0.3, 0.4) is 0 Å². The van der Waals surface area contributed by atoms with Gasteiger partial charge < -0.3 is 10.4 Å². The lowest BCUT2D eigenvalue weighted by atomic mass is 10.1. The van der Waals surface area contributed by atoms with Crippen molar-refractivity contribution in [2.75, 3.05) is 5.32 Å². The number of nitrogens with zero attached hydrogens (tertiary/aromatic N) is 1. The van der Waals surface area contributed by atoms with E-state index in [1.54, 1.807) is 12.1 Å². The predicted molar refractivity (Wildman–Crippen MR) is 68.4 cm³/mol. The number of aromatic carboxylic acids is 1. The van der Waals surface area contributed by atoms with E-state index in [1.165, 1.54) is 25.3 Å². The lowest BCUT2D eigenvalue weighted by Crippen LogP contribution is -2.16. The third-order valence-electron chi connectivity index (χ3n) is 2.60. The number of carboxylic acid groups (broad SMARTS) is 1. The number of hydrogen-bond donors (Lipinski definition) is 2. The van der Waals surface area contributed by atoms with Crippen molar-refractivity contribution >= 4 is 11.8 Å². The molecule has 0 saturated heterocycles. The fraction of sp³-hybridized carbons (Fsp3) is 0.538. The number of unbranched alkanes of at least 4 members (excludes halogenated alkanes) is 2. The molecule has 1 atom stereocenters. The molecule has 94 valence electrons. The standard InChI is InChI=1S/C13H20N2O2/c1-3-4-5-7-10(2)14-12-9-6-8-11(15-12)13(16)17/h6,8-10H,3-5,7H2,1-2H3,(H,14,15)(H,16,17). The molecule has 0 aliphatic carbocycles. The van der Waals surface area contributed by atoms with Crippen molar-refractivity contribution in [3.8, 4) is 0 Å². The van der Waals surface area contributed by atoms with Gasteiger partial charge in [0.25, 0.3) is 0 Å². The van der Waals surface area contributed by atoms with Crippen LogP contribution >= 0.6 is 0 Å². The summed E-state index contributed by atoms with van der Waals surface area (Å²) in [6.45, 7) is 4.26. The molecule has 1 rings (SSSR count). The van der Waals surface area contributed by atoms with E-state index in [2.05, 4.69) is 24.1 Å². The maximum atomic E-state index is 10.8. The number of rotatable bonds is 7. The highest BCUT2D eigenvalue weighted by atomic mass is 16.4. The molecule has 4 nitrogen and oxygen atoms in total. The molecular formula is C13H20N2O2. The molecule has 0 bridgehead atoms. The summed E-state index contributed by atoms with van der Waals surface area (Å²) < 4.78 is 0. The minimum atomic E-state index is -0.993. The van der Waals surface area contributed by atoms with Gasteiger partial charge in [-0.25, -0.2) is 9.78 Å². The van der Waals surface area contributed by atoms with Crippen molar-refractivity contribution in [2.24, 2.45) is 0 Å². The summed E-state index contributed by atoms with van der Waals surface area (Å²) in [4.78, 5) is 14.8. The Morgan fingerprint density at radius 3 is 2.88 bits per heavy atom. The van der Waals surface area contributed by atoms with E-state index in [9.17, 15) is 4.79 Å². The summed E-state index contributed by atoms with van der Waals surface area (Å²) in [7, 11) is 0. The van der Waals surface area contributed by atoms with E-state index >= 15 is 0 Å². The van der Waals surface area contributed by atoms with Gasteiger partial charge in [0, 0.05) is 6.04 Å². The number of hydrogen-bond acceptors (Lipinski definition) is 3. The topological polar surface area (TPSA) is 62.2 Å².